The van der Waals surface area contributed by atoms with Crippen LogP contribution in [-0.4, -0.2) is 8.42 Å². The van der Waals surface area contributed by atoms with Gasteiger partial charge in [0.15, 0.2) is 0 Å². The highest BCUT2D eigenvalue weighted by atomic mass is 127. The lowest BCUT2D eigenvalue weighted by Crippen LogP contribution is -2.16. The molecule has 0 radical (unpaired) electrons. The van der Waals surface area contributed by atoms with E-state index in [0.717, 1.165) is 18.2 Å². The van der Waals surface area contributed by atoms with E-state index in [4.69, 9.17) is 5.73 Å². The molecule has 0 aromatic heterocycles. The standard InChI is InChI=1S/C12H8BrF2IN2O2S/c13-7-4-12(10(17)5-8(7)15)21(19,20)18-11-2-1-6(14)3-9(11)16/h1-5,18H,17H2. The molecule has 0 spiro atoms. The molecular formula is C12H8BrF2IN2O2S. The molecule has 0 unspecified atom stereocenters. The zero-order valence-corrected chi connectivity index (χ0v) is 14.8. The van der Waals surface area contributed by atoms with Crippen LogP contribution in [0.15, 0.2) is 39.7 Å². The Kier molecular flexibility index (Phi) is 4.73. The molecule has 0 fully saturated rings. The molecule has 0 amide bonds. The Hall–Kier alpha value is -0.940. The number of anilines is 2. The van der Waals surface area contributed by atoms with E-state index in [0.29, 0.717) is 3.57 Å². The van der Waals surface area contributed by atoms with Crippen molar-refractivity contribution in [3.05, 3.63) is 50.0 Å². The van der Waals surface area contributed by atoms with Gasteiger partial charge in [-0.1, -0.05) is 0 Å². The Bertz CT molecular complexity index is 815. The summed E-state index contributed by atoms with van der Waals surface area (Å²) in [5, 5.41) is 0. The van der Waals surface area contributed by atoms with Crippen molar-refractivity contribution in [1.29, 1.82) is 0 Å². The van der Waals surface area contributed by atoms with Gasteiger partial charge in [-0.05, 0) is 68.9 Å². The summed E-state index contributed by atoms with van der Waals surface area (Å²) in [4.78, 5) is -0.268. The number of benzene rings is 2. The van der Waals surface area contributed by atoms with E-state index >= 15 is 0 Å². The number of sulfonamides is 1. The fourth-order valence-corrected chi connectivity index (χ4v) is 4.06. The van der Waals surface area contributed by atoms with Gasteiger partial charge < -0.3 is 5.73 Å². The summed E-state index contributed by atoms with van der Waals surface area (Å²) in [5.74, 6) is -1.14. The lowest BCUT2D eigenvalue weighted by atomic mass is 10.3. The van der Waals surface area contributed by atoms with Crippen molar-refractivity contribution in [3.63, 3.8) is 0 Å². The predicted octanol–water partition coefficient (Wildman–Crippen LogP) is 3.71. The fourth-order valence-electron chi connectivity index (χ4n) is 1.55. The molecule has 0 aliphatic carbocycles. The van der Waals surface area contributed by atoms with E-state index < -0.39 is 21.7 Å². The quantitative estimate of drug-likeness (QED) is 0.511. The second-order valence-electron chi connectivity index (χ2n) is 4.03. The smallest absolute Gasteiger partial charge is 0.264 e. The number of nitrogens with one attached hydrogen (secondary N) is 1. The van der Waals surface area contributed by atoms with Crippen molar-refractivity contribution >= 4 is 59.9 Å². The number of halogens is 4. The maximum atomic E-state index is 13.3. The first-order valence-corrected chi connectivity index (χ1v) is 8.78. The van der Waals surface area contributed by atoms with Crippen LogP contribution in [0.5, 0.6) is 0 Å². The average Bonchev–Trinajstić information content (AvgIpc) is 2.37. The zero-order valence-electron chi connectivity index (χ0n) is 10.2. The molecule has 112 valence electrons. The molecule has 0 saturated carbocycles. The molecule has 0 bridgehead atoms. The molecule has 0 atom stereocenters. The van der Waals surface area contributed by atoms with Gasteiger partial charge in [-0.15, -0.1) is 0 Å². The summed E-state index contributed by atoms with van der Waals surface area (Å²) in [6.07, 6.45) is 0. The first kappa shape index (κ1) is 16.4. The first-order valence-electron chi connectivity index (χ1n) is 5.43. The molecule has 21 heavy (non-hydrogen) atoms. The third kappa shape index (κ3) is 3.64. The highest BCUT2D eigenvalue weighted by Crippen LogP contribution is 2.29. The maximum Gasteiger partial charge on any atom is 0.264 e. The highest BCUT2D eigenvalue weighted by molar-refractivity contribution is 14.1. The largest absolute Gasteiger partial charge is 0.398 e. The van der Waals surface area contributed by atoms with Crippen molar-refractivity contribution < 1.29 is 17.2 Å². The van der Waals surface area contributed by atoms with E-state index in [1.165, 1.54) is 12.1 Å². The average molecular weight is 489 g/mol. The first-order chi connectivity index (χ1) is 9.70. The number of rotatable bonds is 3. The summed E-state index contributed by atoms with van der Waals surface area (Å²) >= 11 is 4.71. The highest BCUT2D eigenvalue weighted by Gasteiger charge is 2.21. The van der Waals surface area contributed by atoms with Gasteiger partial charge in [-0.25, -0.2) is 17.2 Å². The van der Waals surface area contributed by atoms with Crippen LogP contribution >= 0.6 is 38.5 Å². The van der Waals surface area contributed by atoms with Gasteiger partial charge in [0.25, 0.3) is 10.0 Å². The van der Waals surface area contributed by atoms with Gasteiger partial charge in [0, 0.05) is 3.57 Å². The molecular weight excluding hydrogens is 481 g/mol. The third-order valence-electron chi connectivity index (χ3n) is 2.52. The van der Waals surface area contributed by atoms with Crippen molar-refractivity contribution in [3.8, 4) is 0 Å². The fraction of sp³-hybridized carbons (Fsp3) is 0. The van der Waals surface area contributed by atoms with Crippen molar-refractivity contribution in [2.24, 2.45) is 0 Å². The molecule has 2 rings (SSSR count). The molecule has 0 saturated heterocycles. The molecule has 2 aromatic rings. The van der Waals surface area contributed by atoms with Crippen LogP contribution < -0.4 is 10.5 Å². The van der Waals surface area contributed by atoms with Crippen LogP contribution in [-0.2, 0) is 10.0 Å². The van der Waals surface area contributed by atoms with Crippen molar-refractivity contribution in [1.82, 2.24) is 0 Å². The lowest BCUT2D eigenvalue weighted by Gasteiger charge is -2.12. The number of nitrogens with two attached hydrogens (primary N) is 1. The van der Waals surface area contributed by atoms with Crippen LogP contribution in [0.4, 0.5) is 20.2 Å². The Morgan fingerprint density at radius 3 is 2.48 bits per heavy atom. The molecule has 2 aromatic carbocycles. The number of hydrogen-bond acceptors (Lipinski definition) is 3. The van der Waals surface area contributed by atoms with E-state index in [9.17, 15) is 17.2 Å². The summed E-state index contributed by atoms with van der Waals surface area (Å²) in [7, 11) is -4.02. The Morgan fingerprint density at radius 2 is 1.86 bits per heavy atom. The number of hydrogen-bond donors (Lipinski definition) is 2. The van der Waals surface area contributed by atoms with Crippen LogP contribution in [0.25, 0.3) is 0 Å². The monoisotopic (exact) mass is 488 g/mol. The van der Waals surface area contributed by atoms with Crippen LogP contribution in [0, 0.1) is 15.2 Å². The molecule has 0 heterocycles. The molecule has 9 heteroatoms. The minimum Gasteiger partial charge on any atom is -0.398 e. The van der Waals surface area contributed by atoms with Crippen LogP contribution in [0.2, 0.25) is 0 Å². The third-order valence-corrected chi connectivity index (χ3v) is 5.44. The minimum absolute atomic E-state index is 0.0223. The summed E-state index contributed by atoms with van der Waals surface area (Å²) in [6.45, 7) is 0. The molecule has 0 aliphatic heterocycles. The zero-order chi connectivity index (χ0) is 15.8. The second kappa shape index (κ2) is 6.05. The Morgan fingerprint density at radius 1 is 1.19 bits per heavy atom. The Labute approximate surface area is 142 Å². The van der Waals surface area contributed by atoms with Crippen molar-refractivity contribution in [2.45, 2.75) is 4.90 Å². The molecule has 3 N–H and O–H groups in total. The number of nitrogen functional groups attached to an aromatic ring is 1. The van der Waals surface area contributed by atoms with Gasteiger partial charge in [0.1, 0.15) is 16.5 Å². The predicted molar refractivity (Wildman–Crippen MR) is 88.4 cm³/mol. The Balaban J connectivity index is 2.46. The van der Waals surface area contributed by atoms with E-state index in [-0.39, 0.29) is 20.7 Å². The SMILES string of the molecule is Nc1cc(F)c(Br)cc1S(=O)(=O)Nc1ccc(F)cc1I. The van der Waals surface area contributed by atoms with Gasteiger partial charge in [0.2, 0.25) is 0 Å². The van der Waals surface area contributed by atoms with Crippen molar-refractivity contribution in [2.75, 3.05) is 10.5 Å². The van der Waals surface area contributed by atoms with Gasteiger partial charge in [0.05, 0.1) is 15.8 Å². The van der Waals surface area contributed by atoms with E-state index in [1.54, 1.807) is 22.6 Å². The second-order valence-corrected chi connectivity index (χ2v) is 7.70. The molecule has 0 aliphatic rings. The normalized spacial score (nSPS) is 11.4. The minimum atomic E-state index is -4.02. The molecule has 4 nitrogen and oxygen atoms in total. The van der Waals surface area contributed by atoms with Gasteiger partial charge in [-0.3, -0.25) is 4.72 Å². The van der Waals surface area contributed by atoms with E-state index in [2.05, 4.69) is 20.7 Å². The van der Waals surface area contributed by atoms with Gasteiger partial charge in [-0.2, -0.15) is 0 Å². The summed E-state index contributed by atoms with van der Waals surface area (Å²) in [5.41, 5.74) is 5.53. The summed E-state index contributed by atoms with van der Waals surface area (Å²) < 4.78 is 53.6. The van der Waals surface area contributed by atoms with Crippen LogP contribution in [0.3, 0.4) is 0 Å². The van der Waals surface area contributed by atoms with E-state index in [1.807, 2.05) is 0 Å². The topological polar surface area (TPSA) is 72.2 Å². The lowest BCUT2D eigenvalue weighted by molar-refractivity contribution is 0.599. The van der Waals surface area contributed by atoms with Gasteiger partial charge >= 0.3 is 0 Å². The van der Waals surface area contributed by atoms with Crippen LogP contribution in [0.1, 0.15) is 0 Å². The maximum absolute atomic E-state index is 13.3. The summed E-state index contributed by atoms with van der Waals surface area (Å²) in [6, 6.07) is 5.59.